The van der Waals surface area contributed by atoms with E-state index in [0.717, 1.165) is 38.5 Å². The Bertz CT molecular complexity index is 889. The summed E-state index contributed by atoms with van der Waals surface area (Å²) in [5, 5.41) is 0. The van der Waals surface area contributed by atoms with E-state index in [-0.39, 0.29) is 23.9 Å². The molecule has 4 rings (SSSR count). The van der Waals surface area contributed by atoms with Gasteiger partial charge in [0, 0.05) is 51.0 Å². The van der Waals surface area contributed by atoms with Crippen molar-refractivity contribution in [1.29, 1.82) is 0 Å². The Morgan fingerprint density at radius 3 is 2.65 bits per heavy atom. The van der Waals surface area contributed by atoms with Gasteiger partial charge in [0.25, 0.3) is 0 Å². The minimum absolute atomic E-state index is 0.0555. The quantitative estimate of drug-likeness (QED) is 0.639. The highest BCUT2D eigenvalue weighted by Crippen LogP contribution is 2.33. The van der Waals surface area contributed by atoms with E-state index in [0.29, 0.717) is 32.1 Å². The first-order chi connectivity index (χ1) is 14.9. The van der Waals surface area contributed by atoms with Crippen molar-refractivity contribution < 1.29 is 22.7 Å². The highest BCUT2D eigenvalue weighted by Gasteiger charge is 2.35. The fourth-order valence-corrected chi connectivity index (χ4v) is 3.87. The van der Waals surface area contributed by atoms with E-state index < -0.39 is 11.7 Å². The third-order valence-electron chi connectivity index (χ3n) is 5.83. The lowest BCUT2D eigenvalue weighted by Crippen LogP contribution is -2.43. The molecule has 0 spiro atoms. The Morgan fingerprint density at radius 1 is 1.19 bits per heavy atom. The van der Waals surface area contributed by atoms with Crippen molar-refractivity contribution in [2.24, 2.45) is 5.92 Å². The number of carbonyl (C=O) groups excluding carboxylic acids is 1. The van der Waals surface area contributed by atoms with Crippen LogP contribution in [-0.2, 0) is 28.8 Å². The molecule has 31 heavy (non-hydrogen) atoms. The highest BCUT2D eigenvalue weighted by molar-refractivity contribution is 5.81. The van der Waals surface area contributed by atoms with E-state index >= 15 is 0 Å². The lowest BCUT2D eigenvalue weighted by molar-refractivity contribution is -0.138. The average molecular weight is 436 g/mol. The van der Waals surface area contributed by atoms with Gasteiger partial charge in [-0.25, -0.2) is 4.98 Å². The van der Waals surface area contributed by atoms with Crippen LogP contribution in [0.3, 0.4) is 0 Å². The second kappa shape index (κ2) is 9.40. The van der Waals surface area contributed by atoms with Crippen molar-refractivity contribution >= 4 is 5.91 Å². The van der Waals surface area contributed by atoms with Gasteiger partial charge in [0.2, 0.25) is 5.91 Å². The molecule has 0 atom stereocenters. The topological polar surface area (TPSA) is 50.6 Å². The third-order valence-corrected chi connectivity index (χ3v) is 5.83. The number of halogens is 3. The highest BCUT2D eigenvalue weighted by atomic mass is 19.4. The standard InChI is InChI=1S/C22H27F3N4O2/c23-22(24,25)19-4-2-1-3-18(19)15-28-8-7-26-20(28)16-29(21(30)17-5-6-17)10-9-27-11-13-31-14-12-27/h1-4,7-8,17H,5-6,9-16H2. The number of carbonyl (C=O) groups is 1. The van der Waals surface area contributed by atoms with Crippen LogP contribution in [0, 0.1) is 5.92 Å². The molecule has 2 fully saturated rings. The maximum absolute atomic E-state index is 13.4. The molecule has 6 nitrogen and oxygen atoms in total. The Kier molecular flexibility index (Phi) is 6.62. The smallest absolute Gasteiger partial charge is 0.379 e. The third kappa shape index (κ3) is 5.65. The summed E-state index contributed by atoms with van der Waals surface area (Å²) in [5.74, 6) is 0.769. The zero-order chi connectivity index (χ0) is 21.8. The number of ether oxygens (including phenoxy) is 1. The SMILES string of the molecule is O=C(C1CC1)N(CCN1CCOCC1)Cc1nccn1Cc1ccccc1C(F)(F)F. The zero-order valence-electron chi connectivity index (χ0n) is 17.4. The van der Waals surface area contributed by atoms with Crippen molar-refractivity contribution in [2.45, 2.75) is 32.1 Å². The molecular formula is C22H27F3N4O2. The first-order valence-electron chi connectivity index (χ1n) is 10.7. The number of benzene rings is 1. The van der Waals surface area contributed by atoms with Crippen LogP contribution in [0.25, 0.3) is 0 Å². The molecule has 9 heteroatoms. The number of hydrogen-bond acceptors (Lipinski definition) is 4. The predicted molar refractivity (Wildman–Crippen MR) is 108 cm³/mol. The summed E-state index contributed by atoms with van der Waals surface area (Å²) in [6, 6.07) is 5.57. The number of imidazole rings is 1. The Labute approximate surface area is 179 Å². The van der Waals surface area contributed by atoms with Crippen molar-refractivity contribution in [1.82, 2.24) is 19.4 Å². The molecule has 1 amide bonds. The molecule has 1 aliphatic heterocycles. The summed E-state index contributed by atoms with van der Waals surface area (Å²) < 4.78 is 47.2. The van der Waals surface area contributed by atoms with Gasteiger partial charge >= 0.3 is 6.18 Å². The van der Waals surface area contributed by atoms with Gasteiger partial charge in [-0.2, -0.15) is 13.2 Å². The normalized spacial score (nSPS) is 17.6. The van der Waals surface area contributed by atoms with Gasteiger partial charge in [0.1, 0.15) is 5.82 Å². The largest absolute Gasteiger partial charge is 0.416 e. The van der Waals surface area contributed by atoms with Gasteiger partial charge in [-0.15, -0.1) is 0 Å². The maximum Gasteiger partial charge on any atom is 0.416 e. The van der Waals surface area contributed by atoms with Crippen LogP contribution in [0.5, 0.6) is 0 Å². The van der Waals surface area contributed by atoms with Crippen LogP contribution in [0.4, 0.5) is 13.2 Å². The van der Waals surface area contributed by atoms with E-state index in [1.54, 1.807) is 23.0 Å². The number of rotatable bonds is 8. The van der Waals surface area contributed by atoms with Crippen molar-refractivity contribution in [3.05, 3.63) is 53.6 Å². The molecule has 1 saturated heterocycles. The summed E-state index contributed by atoms with van der Waals surface area (Å²) in [4.78, 5) is 21.3. The van der Waals surface area contributed by atoms with E-state index in [4.69, 9.17) is 4.74 Å². The van der Waals surface area contributed by atoms with Gasteiger partial charge in [0.15, 0.2) is 0 Å². The van der Waals surface area contributed by atoms with Gasteiger partial charge in [-0.1, -0.05) is 18.2 Å². The molecule has 0 bridgehead atoms. The molecule has 2 aliphatic rings. The Hall–Kier alpha value is -2.39. The number of nitrogens with zero attached hydrogens (tertiary/aromatic N) is 4. The van der Waals surface area contributed by atoms with E-state index in [1.807, 2.05) is 4.90 Å². The molecule has 0 unspecified atom stereocenters. The Morgan fingerprint density at radius 2 is 1.94 bits per heavy atom. The van der Waals surface area contributed by atoms with Gasteiger partial charge in [-0.05, 0) is 24.5 Å². The lowest BCUT2D eigenvalue weighted by atomic mass is 10.1. The summed E-state index contributed by atoms with van der Waals surface area (Å²) in [6.07, 6.45) is 0.640. The molecule has 1 aromatic heterocycles. The first kappa shape index (κ1) is 21.8. The van der Waals surface area contributed by atoms with Crippen LogP contribution in [-0.4, -0.2) is 64.7 Å². The molecule has 168 valence electrons. The predicted octanol–water partition coefficient (Wildman–Crippen LogP) is 3.02. The summed E-state index contributed by atoms with van der Waals surface area (Å²) in [5.41, 5.74) is -0.462. The number of amides is 1. The fourth-order valence-electron chi connectivity index (χ4n) is 3.87. The number of alkyl halides is 3. The second-order valence-electron chi connectivity index (χ2n) is 8.11. The second-order valence-corrected chi connectivity index (χ2v) is 8.11. The average Bonchev–Trinajstić information content (AvgIpc) is 3.52. The van der Waals surface area contributed by atoms with Gasteiger partial charge in [-0.3, -0.25) is 9.69 Å². The summed E-state index contributed by atoms with van der Waals surface area (Å²) >= 11 is 0. The van der Waals surface area contributed by atoms with Crippen LogP contribution < -0.4 is 0 Å². The molecule has 0 radical (unpaired) electrons. The molecular weight excluding hydrogens is 409 g/mol. The minimum Gasteiger partial charge on any atom is -0.379 e. The van der Waals surface area contributed by atoms with Crippen LogP contribution >= 0.6 is 0 Å². The van der Waals surface area contributed by atoms with Crippen molar-refractivity contribution in [2.75, 3.05) is 39.4 Å². The minimum atomic E-state index is -4.41. The number of aromatic nitrogens is 2. The molecule has 2 aromatic rings. The maximum atomic E-state index is 13.4. The van der Waals surface area contributed by atoms with Crippen LogP contribution in [0.1, 0.15) is 29.8 Å². The lowest BCUT2D eigenvalue weighted by Gasteiger charge is -2.30. The fraction of sp³-hybridized carbons (Fsp3) is 0.545. The molecule has 1 aliphatic carbocycles. The molecule has 0 N–H and O–H groups in total. The number of morpholine rings is 1. The molecule has 1 aromatic carbocycles. The molecule has 1 saturated carbocycles. The summed E-state index contributed by atoms with van der Waals surface area (Å²) in [6.45, 7) is 4.74. The van der Waals surface area contributed by atoms with Crippen LogP contribution in [0.15, 0.2) is 36.7 Å². The number of hydrogen-bond donors (Lipinski definition) is 0. The zero-order valence-corrected chi connectivity index (χ0v) is 17.4. The van der Waals surface area contributed by atoms with Crippen molar-refractivity contribution in [3.8, 4) is 0 Å². The van der Waals surface area contributed by atoms with E-state index in [2.05, 4.69) is 9.88 Å². The van der Waals surface area contributed by atoms with E-state index in [1.165, 1.54) is 12.1 Å². The van der Waals surface area contributed by atoms with Crippen LogP contribution in [0.2, 0.25) is 0 Å². The van der Waals surface area contributed by atoms with Gasteiger partial charge < -0.3 is 14.2 Å². The summed E-state index contributed by atoms with van der Waals surface area (Å²) in [7, 11) is 0. The molecule has 2 heterocycles. The van der Waals surface area contributed by atoms with Gasteiger partial charge in [0.05, 0.1) is 25.3 Å². The monoisotopic (exact) mass is 436 g/mol. The van der Waals surface area contributed by atoms with Crippen molar-refractivity contribution in [3.63, 3.8) is 0 Å². The first-order valence-corrected chi connectivity index (χ1v) is 10.7. The Balaban J connectivity index is 1.47. The van der Waals surface area contributed by atoms with E-state index in [9.17, 15) is 18.0 Å².